The SMILES string of the molecule is C=CCC(O)CC.C=CCC(O)CC. The van der Waals surface area contributed by atoms with Crippen LogP contribution in [0, 0.1) is 0 Å². The van der Waals surface area contributed by atoms with E-state index in [2.05, 4.69) is 13.2 Å². The smallest absolute Gasteiger partial charge is 0.0571 e. The molecule has 14 heavy (non-hydrogen) atoms. The lowest BCUT2D eigenvalue weighted by Crippen LogP contribution is -2.00. The van der Waals surface area contributed by atoms with Crippen LogP contribution < -0.4 is 0 Å². The third-order valence-corrected chi connectivity index (χ3v) is 1.82. The first kappa shape index (κ1) is 15.9. The fraction of sp³-hybridized carbons (Fsp3) is 0.667. The number of aliphatic hydroxyl groups excluding tert-OH is 2. The highest BCUT2D eigenvalue weighted by atomic mass is 16.3. The van der Waals surface area contributed by atoms with E-state index < -0.39 is 0 Å². The molecule has 0 aliphatic carbocycles. The Kier molecular flexibility index (Phi) is 14.0. The second kappa shape index (κ2) is 12.4. The van der Waals surface area contributed by atoms with E-state index in [1.165, 1.54) is 0 Å². The summed E-state index contributed by atoms with van der Waals surface area (Å²) in [5, 5.41) is 17.6. The van der Waals surface area contributed by atoms with Gasteiger partial charge in [0.15, 0.2) is 0 Å². The second-order valence-corrected chi connectivity index (χ2v) is 3.17. The molecule has 2 nitrogen and oxygen atoms in total. The summed E-state index contributed by atoms with van der Waals surface area (Å²) < 4.78 is 0. The molecular weight excluding hydrogens is 176 g/mol. The zero-order valence-electron chi connectivity index (χ0n) is 9.45. The molecule has 0 aliphatic heterocycles. The van der Waals surface area contributed by atoms with Gasteiger partial charge in [-0.25, -0.2) is 0 Å². The molecule has 2 heteroatoms. The van der Waals surface area contributed by atoms with Gasteiger partial charge in [0.1, 0.15) is 0 Å². The molecule has 2 atom stereocenters. The lowest BCUT2D eigenvalue weighted by Gasteiger charge is -1.99. The quantitative estimate of drug-likeness (QED) is 0.647. The average molecular weight is 200 g/mol. The Labute approximate surface area is 88.0 Å². The molecule has 0 saturated carbocycles. The maximum Gasteiger partial charge on any atom is 0.0571 e. The van der Waals surface area contributed by atoms with Crippen LogP contribution in [0.3, 0.4) is 0 Å². The van der Waals surface area contributed by atoms with Crippen molar-refractivity contribution in [1.29, 1.82) is 0 Å². The van der Waals surface area contributed by atoms with Crippen molar-refractivity contribution in [2.45, 2.75) is 51.7 Å². The summed E-state index contributed by atoms with van der Waals surface area (Å²) in [6.45, 7) is 10.9. The van der Waals surface area contributed by atoms with Crippen molar-refractivity contribution in [3.8, 4) is 0 Å². The van der Waals surface area contributed by atoms with Gasteiger partial charge in [0.25, 0.3) is 0 Å². The van der Waals surface area contributed by atoms with Crippen LogP contribution in [0.4, 0.5) is 0 Å². The summed E-state index contributed by atoms with van der Waals surface area (Å²) in [5.41, 5.74) is 0. The Morgan fingerprint density at radius 3 is 1.29 bits per heavy atom. The van der Waals surface area contributed by atoms with Crippen LogP contribution in [-0.4, -0.2) is 22.4 Å². The molecule has 0 aliphatic rings. The van der Waals surface area contributed by atoms with Crippen LogP contribution in [0.5, 0.6) is 0 Å². The van der Waals surface area contributed by atoms with Gasteiger partial charge in [-0.1, -0.05) is 26.0 Å². The van der Waals surface area contributed by atoms with Crippen LogP contribution in [0.1, 0.15) is 39.5 Å². The fourth-order valence-corrected chi connectivity index (χ4v) is 0.718. The molecule has 0 fully saturated rings. The van der Waals surface area contributed by atoms with E-state index in [9.17, 15) is 0 Å². The topological polar surface area (TPSA) is 40.5 Å². The van der Waals surface area contributed by atoms with Gasteiger partial charge in [-0.15, -0.1) is 13.2 Å². The number of hydrogen-bond donors (Lipinski definition) is 2. The summed E-state index contributed by atoms with van der Waals surface area (Å²) >= 11 is 0. The van der Waals surface area contributed by atoms with Crippen LogP contribution in [0.15, 0.2) is 25.3 Å². The molecule has 2 N–H and O–H groups in total. The first-order chi connectivity index (χ1) is 6.62. The molecule has 0 aromatic heterocycles. The van der Waals surface area contributed by atoms with Gasteiger partial charge in [0.2, 0.25) is 0 Å². The molecule has 2 unspecified atom stereocenters. The molecule has 0 spiro atoms. The molecule has 0 saturated heterocycles. The molecule has 0 radical (unpaired) electrons. The molecular formula is C12H24O2. The zero-order valence-corrected chi connectivity index (χ0v) is 9.45. The van der Waals surface area contributed by atoms with E-state index in [1.54, 1.807) is 12.2 Å². The monoisotopic (exact) mass is 200 g/mol. The van der Waals surface area contributed by atoms with Gasteiger partial charge in [-0.05, 0) is 25.7 Å². The minimum Gasteiger partial charge on any atom is -0.393 e. The number of hydrogen-bond acceptors (Lipinski definition) is 2. The van der Waals surface area contributed by atoms with Crippen molar-refractivity contribution < 1.29 is 10.2 Å². The highest BCUT2D eigenvalue weighted by Crippen LogP contribution is 1.95. The maximum atomic E-state index is 8.79. The summed E-state index contributed by atoms with van der Waals surface area (Å²) in [4.78, 5) is 0. The lowest BCUT2D eigenvalue weighted by atomic mass is 10.2. The van der Waals surface area contributed by atoms with Crippen molar-refractivity contribution in [2.24, 2.45) is 0 Å². The van der Waals surface area contributed by atoms with Gasteiger partial charge in [-0.3, -0.25) is 0 Å². The van der Waals surface area contributed by atoms with Gasteiger partial charge >= 0.3 is 0 Å². The lowest BCUT2D eigenvalue weighted by molar-refractivity contribution is 0.173. The molecule has 84 valence electrons. The Bertz CT molecular complexity index is 116. The fourth-order valence-electron chi connectivity index (χ4n) is 0.718. The van der Waals surface area contributed by atoms with Crippen molar-refractivity contribution in [3.63, 3.8) is 0 Å². The predicted molar refractivity (Wildman–Crippen MR) is 62.2 cm³/mol. The van der Waals surface area contributed by atoms with Crippen molar-refractivity contribution >= 4 is 0 Å². The Balaban J connectivity index is 0. The van der Waals surface area contributed by atoms with Crippen molar-refractivity contribution in [3.05, 3.63) is 25.3 Å². The van der Waals surface area contributed by atoms with E-state index >= 15 is 0 Å². The van der Waals surface area contributed by atoms with Crippen molar-refractivity contribution in [1.82, 2.24) is 0 Å². The molecule has 0 aromatic rings. The number of aliphatic hydroxyl groups is 2. The van der Waals surface area contributed by atoms with Crippen LogP contribution >= 0.6 is 0 Å². The minimum atomic E-state index is -0.169. The first-order valence-corrected chi connectivity index (χ1v) is 5.20. The average Bonchev–Trinajstić information content (AvgIpc) is 2.19. The highest BCUT2D eigenvalue weighted by molar-refractivity contribution is 4.71. The Morgan fingerprint density at radius 2 is 1.21 bits per heavy atom. The standard InChI is InChI=1S/2C6H12O/c2*1-3-5-6(7)4-2/h2*3,6-7H,1,4-5H2,2H3. The van der Waals surface area contributed by atoms with Gasteiger partial charge in [0, 0.05) is 0 Å². The maximum absolute atomic E-state index is 8.79. The van der Waals surface area contributed by atoms with Crippen molar-refractivity contribution in [2.75, 3.05) is 0 Å². The number of rotatable bonds is 6. The first-order valence-electron chi connectivity index (χ1n) is 5.20. The van der Waals surface area contributed by atoms with Crippen LogP contribution in [-0.2, 0) is 0 Å². The zero-order chi connectivity index (χ0) is 11.4. The van der Waals surface area contributed by atoms with Crippen LogP contribution in [0.25, 0.3) is 0 Å². The minimum absolute atomic E-state index is 0.169. The summed E-state index contributed by atoms with van der Waals surface area (Å²) in [6, 6.07) is 0. The summed E-state index contributed by atoms with van der Waals surface area (Å²) in [7, 11) is 0. The van der Waals surface area contributed by atoms with Gasteiger partial charge in [0.05, 0.1) is 12.2 Å². The molecule has 0 bridgehead atoms. The Hall–Kier alpha value is -0.600. The molecule has 0 rings (SSSR count). The normalized spacial score (nSPS) is 13.4. The third kappa shape index (κ3) is 14.0. The Morgan fingerprint density at radius 1 is 0.929 bits per heavy atom. The van der Waals surface area contributed by atoms with Gasteiger partial charge in [-0.2, -0.15) is 0 Å². The van der Waals surface area contributed by atoms with Crippen LogP contribution in [0.2, 0.25) is 0 Å². The summed E-state index contributed by atoms with van der Waals surface area (Å²) in [6.07, 6.45) is 6.21. The van der Waals surface area contributed by atoms with E-state index in [4.69, 9.17) is 10.2 Å². The molecule has 0 heterocycles. The third-order valence-electron chi connectivity index (χ3n) is 1.82. The van der Waals surface area contributed by atoms with E-state index in [0.29, 0.717) is 0 Å². The van der Waals surface area contributed by atoms with Gasteiger partial charge < -0.3 is 10.2 Å². The summed E-state index contributed by atoms with van der Waals surface area (Å²) in [5.74, 6) is 0. The second-order valence-electron chi connectivity index (χ2n) is 3.17. The largest absolute Gasteiger partial charge is 0.393 e. The van der Waals surface area contributed by atoms with E-state index in [1.807, 2.05) is 13.8 Å². The highest BCUT2D eigenvalue weighted by Gasteiger charge is 1.93. The van der Waals surface area contributed by atoms with E-state index in [0.717, 1.165) is 25.7 Å². The van der Waals surface area contributed by atoms with E-state index in [-0.39, 0.29) is 12.2 Å². The molecule has 0 aromatic carbocycles. The predicted octanol–water partition coefficient (Wildman–Crippen LogP) is 2.67. The molecule has 0 amide bonds.